The van der Waals surface area contributed by atoms with E-state index in [4.69, 9.17) is 4.74 Å². The summed E-state index contributed by atoms with van der Waals surface area (Å²) in [7, 11) is -1.65. The average molecular weight is 320 g/mol. The first-order chi connectivity index (χ1) is 9.22. The fourth-order valence-electron chi connectivity index (χ4n) is 1.84. The molecule has 1 heterocycles. The summed E-state index contributed by atoms with van der Waals surface area (Å²) in [5.41, 5.74) is -0.514. The van der Waals surface area contributed by atoms with Crippen LogP contribution in [-0.4, -0.2) is 34.2 Å². The number of ether oxygens (including phenoxy) is 1. The average Bonchev–Trinajstić information content (AvgIpc) is 2.69. The normalized spacial score (nSPS) is 12.8. The van der Waals surface area contributed by atoms with E-state index in [1.54, 1.807) is 6.07 Å². The third kappa shape index (κ3) is 4.82. The van der Waals surface area contributed by atoms with Crippen LogP contribution >= 0.6 is 11.3 Å². The molecule has 0 radical (unpaired) electrons. The molecule has 0 fully saturated rings. The molecule has 0 unspecified atom stereocenters. The van der Waals surface area contributed by atoms with E-state index in [1.807, 2.05) is 34.7 Å². The highest BCUT2D eigenvalue weighted by molar-refractivity contribution is 7.89. The molecule has 2 N–H and O–H groups in total. The van der Waals surface area contributed by atoms with Crippen LogP contribution < -0.4 is 10.0 Å². The van der Waals surface area contributed by atoms with Gasteiger partial charge >= 0.3 is 0 Å². The molecule has 0 amide bonds. The van der Waals surface area contributed by atoms with Crippen molar-refractivity contribution in [1.82, 2.24) is 10.0 Å². The van der Waals surface area contributed by atoms with Gasteiger partial charge in [0.1, 0.15) is 0 Å². The van der Waals surface area contributed by atoms with Crippen molar-refractivity contribution in [3.63, 3.8) is 0 Å². The first-order valence-electron chi connectivity index (χ1n) is 6.59. The fourth-order valence-corrected chi connectivity index (χ4v) is 4.68. The number of hydrogen-bond donors (Lipinski definition) is 2. The number of hydrogen-bond acceptors (Lipinski definition) is 5. The third-order valence-electron chi connectivity index (χ3n) is 2.79. The summed E-state index contributed by atoms with van der Waals surface area (Å²) >= 11 is 1.50. The number of aryl methyl sites for hydroxylation is 1. The number of rotatable bonds is 8. The van der Waals surface area contributed by atoms with Crippen LogP contribution in [0.25, 0.3) is 0 Å². The van der Waals surface area contributed by atoms with Crippen molar-refractivity contribution in [3.05, 3.63) is 15.8 Å². The van der Waals surface area contributed by atoms with Gasteiger partial charge in [-0.1, -0.05) is 0 Å². The van der Waals surface area contributed by atoms with E-state index in [2.05, 4.69) is 10.0 Å². The molecule has 0 spiro atoms. The van der Waals surface area contributed by atoms with Gasteiger partial charge in [-0.05, 0) is 40.8 Å². The smallest absolute Gasteiger partial charge is 0.241 e. The second-order valence-electron chi connectivity index (χ2n) is 5.18. The van der Waals surface area contributed by atoms with Crippen molar-refractivity contribution in [3.8, 4) is 0 Å². The molecule has 0 aromatic carbocycles. The zero-order chi connectivity index (χ0) is 15.4. The first kappa shape index (κ1) is 17.6. The molecule has 1 aromatic rings. The Morgan fingerprint density at radius 1 is 1.40 bits per heavy atom. The van der Waals surface area contributed by atoms with E-state index in [1.165, 1.54) is 11.3 Å². The van der Waals surface area contributed by atoms with Crippen molar-refractivity contribution >= 4 is 21.4 Å². The summed E-state index contributed by atoms with van der Waals surface area (Å²) in [6.45, 7) is 8.93. The van der Waals surface area contributed by atoms with Crippen molar-refractivity contribution in [1.29, 1.82) is 0 Å². The van der Waals surface area contributed by atoms with Crippen LogP contribution in [0.3, 0.4) is 0 Å². The minimum atomic E-state index is -3.49. The predicted octanol–water partition coefficient (Wildman–Crippen LogP) is 1.87. The first-order valence-corrected chi connectivity index (χ1v) is 8.89. The molecular formula is C13H24N2O3S2. The fraction of sp³-hybridized carbons (Fsp3) is 0.692. The van der Waals surface area contributed by atoms with E-state index in [-0.39, 0.29) is 6.54 Å². The largest absolute Gasteiger partial charge is 0.375 e. The van der Waals surface area contributed by atoms with Gasteiger partial charge in [-0.15, -0.1) is 11.3 Å². The van der Waals surface area contributed by atoms with Gasteiger partial charge in [0.15, 0.2) is 0 Å². The van der Waals surface area contributed by atoms with Crippen molar-refractivity contribution in [2.45, 2.75) is 44.7 Å². The van der Waals surface area contributed by atoms with Gasteiger partial charge in [0.25, 0.3) is 0 Å². The Hall–Kier alpha value is -0.470. The number of thiophene rings is 1. The monoisotopic (exact) mass is 320 g/mol. The van der Waals surface area contributed by atoms with E-state index < -0.39 is 15.6 Å². The molecular weight excluding hydrogens is 296 g/mol. The highest BCUT2D eigenvalue weighted by Crippen LogP contribution is 2.25. The van der Waals surface area contributed by atoms with Crippen molar-refractivity contribution < 1.29 is 13.2 Å². The summed E-state index contributed by atoms with van der Waals surface area (Å²) in [5.74, 6) is 0. The van der Waals surface area contributed by atoms with Gasteiger partial charge in [0.05, 0.1) is 10.5 Å². The molecule has 0 atom stereocenters. The molecule has 0 aliphatic heterocycles. The van der Waals surface area contributed by atoms with Gasteiger partial charge in [-0.3, -0.25) is 0 Å². The van der Waals surface area contributed by atoms with Gasteiger partial charge < -0.3 is 10.1 Å². The summed E-state index contributed by atoms with van der Waals surface area (Å²) in [5, 5.41) is 3.02. The Morgan fingerprint density at radius 3 is 2.60 bits per heavy atom. The third-order valence-corrected chi connectivity index (χ3v) is 5.49. The van der Waals surface area contributed by atoms with Gasteiger partial charge in [-0.2, -0.15) is 0 Å². The lowest BCUT2D eigenvalue weighted by Gasteiger charge is -2.24. The van der Waals surface area contributed by atoms with Crippen LogP contribution in [0.5, 0.6) is 0 Å². The number of sulfonamides is 1. The molecule has 1 rings (SSSR count). The summed E-state index contributed by atoms with van der Waals surface area (Å²) in [6, 6.07) is 1.73. The molecule has 0 saturated heterocycles. The highest BCUT2D eigenvalue weighted by Gasteiger charge is 2.24. The summed E-state index contributed by atoms with van der Waals surface area (Å²) in [4.78, 5) is 2.17. The standard InChI is InChI=1S/C13H24N2O3S2/c1-6-18-13(3,4)9-15-20(16,17)12-7-11(8-14-5)19-10(12)2/h7,14-15H,6,8-9H2,1-5H3. The molecule has 0 saturated carbocycles. The second-order valence-corrected chi connectivity index (χ2v) is 8.26. The molecule has 0 aliphatic rings. The van der Waals surface area contributed by atoms with Crippen LogP contribution in [0.2, 0.25) is 0 Å². The summed E-state index contributed by atoms with van der Waals surface area (Å²) in [6.07, 6.45) is 0. The van der Waals surface area contributed by atoms with Gasteiger partial charge in [0, 0.05) is 29.5 Å². The maximum Gasteiger partial charge on any atom is 0.241 e. The minimum Gasteiger partial charge on any atom is -0.375 e. The lowest BCUT2D eigenvalue weighted by Crippen LogP contribution is -2.40. The van der Waals surface area contributed by atoms with Crippen LogP contribution in [0.15, 0.2) is 11.0 Å². The summed E-state index contributed by atoms with van der Waals surface area (Å²) < 4.78 is 32.8. The zero-order valence-electron chi connectivity index (χ0n) is 12.7. The van der Waals surface area contributed by atoms with Crippen LogP contribution in [0, 0.1) is 6.92 Å². The molecule has 1 aromatic heterocycles. The van der Waals surface area contributed by atoms with Gasteiger partial charge in [-0.25, -0.2) is 13.1 Å². The lowest BCUT2D eigenvalue weighted by molar-refractivity contribution is -0.00515. The Balaban J connectivity index is 2.83. The van der Waals surface area contributed by atoms with E-state index in [0.717, 1.165) is 9.75 Å². The Morgan fingerprint density at radius 2 is 2.05 bits per heavy atom. The van der Waals surface area contributed by atoms with Crippen LogP contribution in [0.4, 0.5) is 0 Å². The quantitative estimate of drug-likeness (QED) is 0.767. The van der Waals surface area contributed by atoms with E-state index in [0.29, 0.717) is 18.0 Å². The Labute approximate surface area is 125 Å². The molecule has 7 heteroatoms. The van der Waals surface area contributed by atoms with Crippen molar-refractivity contribution in [2.75, 3.05) is 20.2 Å². The minimum absolute atomic E-state index is 0.250. The molecule has 5 nitrogen and oxygen atoms in total. The van der Waals surface area contributed by atoms with E-state index >= 15 is 0 Å². The predicted molar refractivity (Wildman–Crippen MR) is 82.7 cm³/mol. The molecule has 20 heavy (non-hydrogen) atoms. The highest BCUT2D eigenvalue weighted by atomic mass is 32.2. The topological polar surface area (TPSA) is 67.4 Å². The molecule has 116 valence electrons. The maximum absolute atomic E-state index is 12.3. The lowest BCUT2D eigenvalue weighted by atomic mass is 10.1. The second kappa shape index (κ2) is 7.00. The van der Waals surface area contributed by atoms with Crippen LogP contribution in [-0.2, 0) is 21.3 Å². The zero-order valence-corrected chi connectivity index (χ0v) is 14.4. The van der Waals surface area contributed by atoms with E-state index in [9.17, 15) is 8.42 Å². The molecule has 0 aliphatic carbocycles. The molecule has 0 bridgehead atoms. The SMILES string of the molecule is CCOC(C)(C)CNS(=O)(=O)c1cc(CNC)sc1C. The maximum atomic E-state index is 12.3. The van der Waals surface area contributed by atoms with Crippen LogP contribution in [0.1, 0.15) is 30.5 Å². The number of nitrogens with one attached hydrogen (secondary N) is 2. The Kier molecular flexibility index (Phi) is 6.15. The Bertz CT molecular complexity index is 536. The van der Waals surface area contributed by atoms with Gasteiger partial charge in [0.2, 0.25) is 10.0 Å². The van der Waals surface area contributed by atoms with Crippen molar-refractivity contribution in [2.24, 2.45) is 0 Å².